The van der Waals surface area contributed by atoms with Crippen LogP contribution >= 0.6 is 0 Å². The van der Waals surface area contributed by atoms with E-state index in [1.807, 2.05) is 6.92 Å². The van der Waals surface area contributed by atoms with Crippen molar-refractivity contribution in [2.45, 2.75) is 39.5 Å². The van der Waals surface area contributed by atoms with Crippen LogP contribution in [-0.4, -0.2) is 29.1 Å². The molecule has 152 valence electrons. The zero-order chi connectivity index (χ0) is 21.0. The van der Waals surface area contributed by atoms with Crippen LogP contribution in [0.1, 0.15) is 64.0 Å². The fourth-order valence-electron chi connectivity index (χ4n) is 3.15. The minimum Gasteiger partial charge on any atom is -0.460 e. The highest BCUT2D eigenvalue weighted by atomic mass is 16.6. The SMILES string of the molecule is CCCOC(=O)c1oc2c(c1C)/C(=N/NC(=O)c1ccc([N+](=O)[O-])cc1)CCC2. The Bertz CT molecular complexity index is 975. The van der Waals surface area contributed by atoms with Crippen LogP contribution in [0.25, 0.3) is 0 Å². The van der Waals surface area contributed by atoms with Crippen LogP contribution in [0.2, 0.25) is 0 Å². The van der Waals surface area contributed by atoms with Gasteiger partial charge in [0.05, 0.1) is 17.2 Å². The van der Waals surface area contributed by atoms with Gasteiger partial charge in [-0.25, -0.2) is 10.2 Å². The number of carbonyl (C=O) groups excluding carboxylic acids is 2. The number of nitro groups is 1. The number of esters is 1. The van der Waals surface area contributed by atoms with Crippen LogP contribution in [0.5, 0.6) is 0 Å². The van der Waals surface area contributed by atoms with Gasteiger partial charge in [0.25, 0.3) is 11.6 Å². The van der Waals surface area contributed by atoms with Crippen molar-refractivity contribution in [3.05, 3.63) is 62.6 Å². The number of hydrazone groups is 1. The number of nitrogens with zero attached hydrogens (tertiary/aromatic N) is 2. The molecule has 0 saturated carbocycles. The number of nitrogens with one attached hydrogen (secondary N) is 1. The lowest BCUT2D eigenvalue weighted by molar-refractivity contribution is -0.384. The first kappa shape index (κ1) is 20.2. The largest absolute Gasteiger partial charge is 0.460 e. The molecule has 1 aromatic carbocycles. The molecule has 0 spiro atoms. The molecule has 1 aliphatic carbocycles. The third-order valence-corrected chi connectivity index (χ3v) is 4.58. The standard InChI is InChI=1S/C20H21N3O6/c1-3-11-28-20(25)18-12(2)17-15(5-4-6-16(17)29-18)21-22-19(24)13-7-9-14(10-8-13)23(26)27/h7-10H,3-6,11H2,1-2H3,(H,22,24)/b21-15+. The van der Waals surface area contributed by atoms with Gasteiger partial charge in [-0.1, -0.05) is 6.92 Å². The van der Waals surface area contributed by atoms with E-state index in [2.05, 4.69) is 10.5 Å². The molecule has 1 aliphatic rings. The van der Waals surface area contributed by atoms with Crippen molar-refractivity contribution < 1.29 is 23.7 Å². The van der Waals surface area contributed by atoms with Gasteiger partial charge in [0.2, 0.25) is 5.76 Å². The molecule has 1 heterocycles. The number of ether oxygens (including phenoxy) is 1. The molecule has 9 heteroatoms. The van der Waals surface area contributed by atoms with Crippen molar-refractivity contribution >= 4 is 23.3 Å². The highest BCUT2D eigenvalue weighted by Gasteiger charge is 2.28. The number of hydrogen-bond donors (Lipinski definition) is 1. The van der Waals surface area contributed by atoms with Crippen molar-refractivity contribution in [1.29, 1.82) is 0 Å². The lowest BCUT2D eigenvalue weighted by Crippen LogP contribution is -2.22. The molecule has 0 radical (unpaired) electrons. The molecule has 0 fully saturated rings. The number of nitro benzene ring substituents is 1. The van der Waals surface area contributed by atoms with Crippen LogP contribution in [0.15, 0.2) is 33.8 Å². The minimum absolute atomic E-state index is 0.0960. The van der Waals surface area contributed by atoms with Crippen LogP contribution < -0.4 is 5.43 Å². The predicted molar refractivity (Wildman–Crippen MR) is 104 cm³/mol. The average molecular weight is 399 g/mol. The molecule has 1 N–H and O–H groups in total. The van der Waals surface area contributed by atoms with E-state index in [-0.39, 0.29) is 17.0 Å². The fourth-order valence-corrected chi connectivity index (χ4v) is 3.15. The Morgan fingerprint density at radius 2 is 2.00 bits per heavy atom. The Labute approximate surface area is 166 Å². The van der Waals surface area contributed by atoms with Gasteiger partial charge < -0.3 is 9.15 Å². The summed E-state index contributed by atoms with van der Waals surface area (Å²) < 4.78 is 10.9. The van der Waals surface area contributed by atoms with Crippen LogP contribution in [-0.2, 0) is 11.2 Å². The summed E-state index contributed by atoms with van der Waals surface area (Å²) in [6.45, 7) is 3.99. The van der Waals surface area contributed by atoms with E-state index in [0.717, 1.165) is 12.0 Å². The molecule has 1 amide bonds. The number of non-ortho nitro benzene ring substituents is 1. The minimum atomic E-state index is -0.531. The smallest absolute Gasteiger partial charge is 0.374 e. The quantitative estimate of drug-likeness (QED) is 0.450. The molecule has 3 rings (SSSR count). The van der Waals surface area contributed by atoms with E-state index in [1.165, 1.54) is 24.3 Å². The molecule has 0 bridgehead atoms. The van der Waals surface area contributed by atoms with Crippen molar-refractivity contribution in [2.75, 3.05) is 6.61 Å². The number of amides is 1. The van der Waals surface area contributed by atoms with E-state index in [9.17, 15) is 19.7 Å². The summed E-state index contributed by atoms with van der Waals surface area (Å²) in [7, 11) is 0. The third kappa shape index (κ3) is 4.34. The second-order valence-corrected chi connectivity index (χ2v) is 6.65. The highest BCUT2D eigenvalue weighted by molar-refractivity contribution is 6.06. The van der Waals surface area contributed by atoms with Crippen molar-refractivity contribution in [3.8, 4) is 0 Å². The Balaban J connectivity index is 1.79. The number of benzene rings is 1. The normalized spacial score (nSPS) is 14.3. The molecule has 0 aliphatic heterocycles. The number of carbonyl (C=O) groups is 2. The summed E-state index contributed by atoms with van der Waals surface area (Å²) in [6.07, 6.45) is 2.78. The van der Waals surface area contributed by atoms with E-state index in [1.54, 1.807) is 6.92 Å². The van der Waals surface area contributed by atoms with E-state index < -0.39 is 16.8 Å². The lowest BCUT2D eigenvalue weighted by Gasteiger charge is -2.13. The summed E-state index contributed by atoms with van der Waals surface area (Å²) in [4.78, 5) is 34.7. The second kappa shape index (κ2) is 8.68. The maximum atomic E-state index is 12.3. The number of furan rings is 1. The monoisotopic (exact) mass is 399 g/mol. The summed E-state index contributed by atoms with van der Waals surface area (Å²) in [5.41, 5.74) is 4.63. The molecular formula is C20H21N3O6. The summed E-state index contributed by atoms with van der Waals surface area (Å²) in [5, 5.41) is 14.9. The van der Waals surface area contributed by atoms with Crippen molar-refractivity contribution in [1.82, 2.24) is 5.43 Å². The molecular weight excluding hydrogens is 378 g/mol. The Morgan fingerprint density at radius 3 is 2.66 bits per heavy atom. The summed E-state index contributed by atoms with van der Waals surface area (Å²) in [5.74, 6) is -0.170. The van der Waals surface area contributed by atoms with E-state index in [4.69, 9.17) is 9.15 Å². The first-order valence-electron chi connectivity index (χ1n) is 9.33. The molecule has 0 unspecified atom stereocenters. The number of hydrogen-bond acceptors (Lipinski definition) is 7. The predicted octanol–water partition coefficient (Wildman–Crippen LogP) is 3.53. The van der Waals surface area contributed by atoms with Gasteiger partial charge in [0.15, 0.2) is 0 Å². The van der Waals surface area contributed by atoms with Crippen LogP contribution in [0.4, 0.5) is 5.69 Å². The van der Waals surface area contributed by atoms with Gasteiger partial charge >= 0.3 is 5.97 Å². The average Bonchev–Trinajstić information content (AvgIpc) is 3.07. The molecule has 0 saturated heterocycles. The Kier molecular flexibility index (Phi) is 6.06. The molecule has 1 aromatic heterocycles. The second-order valence-electron chi connectivity index (χ2n) is 6.65. The molecule has 0 atom stereocenters. The fraction of sp³-hybridized carbons (Fsp3) is 0.350. The van der Waals surface area contributed by atoms with Crippen molar-refractivity contribution in [2.24, 2.45) is 5.10 Å². The topological polar surface area (TPSA) is 124 Å². The van der Waals surface area contributed by atoms with Crippen molar-refractivity contribution in [3.63, 3.8) is 0 Å². The first-order valence-corrected chi connectivity index (χ1v) is 9.33. The lowest BCUT2D eigenvalue weighted by atomic mass is 9.93. The van der Waals surface area contributed by atoms with Gasteiger partial charge in [-0.15, -0.1) is 0 Å². The maximum absolute atomic E-state index is 12.3. The Morgan fingerprint density at radius 1 is 1.28 bits per heavy atom. The van der Waals surface area contributed by atoms with Crippen LogP contribution in [0.3, 0.4) is 0 Å². The first-order chi connectivity index (χ1) is 13.9. The zero-order valence-electron chi connectivity index (χ0n) is 16.2. The highest BCUT2D eigenvalue weighted by Crippen LogP contribution is 2.30. The number of fused-ring (bicyclic) bond motifs is 1. The van der Waals surface area contributed by atoms with Gasteiger partial charge in [-0.2, -0.15) is 5.10 Å². The van der Waals surface area contributed by atoms with Gasteiger partial charge in [-0.05, 0) is 38.3 Å². The van der Waals surface area contributed by atoms with Gasteiger partial charge in [0, 0.05) is 35.2 Å². The van der Waals surface area contributed by atoms with Crippen LogP contribution in [0, 0.1) is 17.0 Å². The Hall–Kier alpha value is -3.49. The molecule has 9 nitrogen and oxygen atoms in total. The third-order valence-electron chi connectivity index (χ3n) is 4.58. The maximum Gasteiger partial charge on any atom is 0.374 e. The van der Waals surface area contributed by atoms with E-state index >= 15 is 0 Å². The van der Waals surface area contributed by atoms with Gasteiger partial charge in [-0.3, -0.25) is 14.9 Å². The zero-order valence-corrected chi connectivity index (χ0v) is 16.2. The van der Waals surface area contributed by atoms with E-state index in [0.29, 0.717) is 42.9 Å². The summed E-state index contributed by atoms with van der Waals surface area (Å²) >= 11 is 0. The molecule has 29 heavy (non-hydrogen) atoms. The number of aryl methyl sites for hydroxylation is 1. The summed E-state index contributed by atoms with van der Waals surface area (Å²) in [6, 6.07) is 5.25. The molecule has 2 aromatic rings. The number of rotatable bonds is 6. The van der Waals surface area contributed by atoms with Gasteiger partial charge in [0.1, 0.15) is 5.76 Å².